The van der Waals surface area contributed by atoms with Crippen LogP contribution in [0.3, 0.4) is 0 Å². The summed E-state index contributed by atoms with van der Waals surface area (Å²) in [5.41, 5.74) is 5.54. The fourth-order valence-electron chi connectivity index (χ4n) is 4.34. The average Bonchev–Trinajstić information content (AvgIpc) is 3.15. The Balaban J connectivity index is 1.76. The Hall–Kier alpha value is -3.57. The highest BCUT2D eigenvalue weighted by Gasteiger charge is 2.22. The van der Waals surface area contributed by atoms with Crippen molar-refractivity contribution in [3.8, 4) is 22.6 Å². The van der Waals surface area contributed by atoms with Gasteiger partial charge in [0.1, 0.15) is 5.82 Å². The number of hydrogen-bond donors (Lipinski definition) is 2. The highest BCUT2D eigenvalue weighted by atomic mass is 35.5. The standard InChI is InChI=1S/C29H31ClN4O/c1-18(2)21-15-11-16-22(19(3)4)25(21)31-29(35)33-27-26(23-14-9-10-17-24(23)30)34(5)28(32-27)20-12-7-6-8-13-20/h6-19H,1-5H3,(H2,31,33,35). The largest absolute Gasteiger partial charge is 0.325 e. The summed E-state index contributed by atoms with van der Waals surface area (Å²) < 4.78 is 1.97. The van der Waals surface area contributed by atoms with E-state index >= 15 is 0 Å². The minimum atomic E-state index is -0.342. The number of urea groups is 1. The molecule has 6 heteroatoms. The number of halogens is 1. The number of benzene rings is 3. The van der Waals surface area contributed by atoms with Gasteiger partial charge in [-0.05, 0) is 29.0 Å². The number of anilines is 2. The molecule has 4 rings (SSSR count). The predicted octanol–water partition coefficient (Wildman–Crippen LogP) is 8.30. The lowest BCUT2D eigenvalue weighted by molar-refractivity contribution is 0.262. The summed E-state index contributed by atoms with van der Waals surface area (Å²) in [6.07, 6.45) is 0. The first-order valence-corrected chi connectivity index (χ1v) is 12.2. The van der Waals surface area contributed by atoms with Gasteiger partial charge in [0.2, 0.25) is 0 Å². The molecule has 1 aromatic heterocycles. The molecule has 0 fully saturated rings. The molecule has 180 valence electrons. The number of amides is 2. The van der Waals surface area contributed by atoms with E-state index in [0.717, 1.165) is 39.5 Å². The van der Waals surface area contributed by atoms with Gasteiger partial charge in [0.25, 0.3) is 0 Å². The molecule has 0 aliphatic heterocycles. The molecule has 0 radical (unpaired) electrons. The van der Waals surface area contributed by atoms with Crippen molar-refractivity contribution >= 4 is 29.1 Å². The van der Waals surface area contributed by atoms with Crippen molar-refractivity contribution < 1.29 is 4.79 Å². The minimum Gasteiger partial charge on any atom is -0.325 e. The van der Waals surface area contributed by atoms with Gasteiger partial charge in [-0.25, -0.2) is 9.78 Å². The number of imidazole rings is 1. The van der Waals surface area contributed by atoms with Gasteiger partial charge < -0.3 is 9.88 Å². The zero-order chi connectivity index (χ0) is 25.1. The second-order valence-electron chi connectivity index (χ2n) is 9.24. The number of carbonyl (C=O) groups excluding carboxylic acids is 1. The van der Waals surface area contributed by atoms with Gasteiger partial charge in [0.15, 0.2) is 5.82 Å². The summed E-state index contributed by atoms with van der Waals surface area (Å²) in [7, 11) is 1.93. The minimum absolute atomic E-state index is 0.266. The first kappa shape index (κ1) is 24.6. The second kappa shape index (κ2) is 10.4. The summed E-state index contributed by atoms with van der Waals surface area (Å²) in [6, 6.07) is 23.3. The first-order valence-electron chi connectivity index (χ1n) is 11.9. The van der Waals surface area contributed by atoms with Crippen LogP contribution in [-0.4, -0.2) is 15.6 Å². The number of hydrogen-bond acceptors (Lipinski definition) is 2. The van der Waals surface area contributed by atoms with Crippen LogP contribution in [0.2, 0.25) is 5.02 Å². The number of nitrogens with one attached hydrogen (secondary N) is 2. The van der Waals surface area contributed by atoms with E-state index in [1.54, 1.807) is 0 Å². The van der Waals surface area contributed by atoms with Crippen LogP contribution in [0.1, 0.15) is 50.7 Å². The molecule has 2 N–H and O–H groups in total. The number of carbonyl (C=O) groups is 1. The number of aromatic nitrogens is 2. The lowest BCUT2D eigenvalue weighted by atomic mass is 9.93. The smallest absolute Gasteiger partial charge is 0.324 e. The second-order valence-corrected chi connectivity index (χ2v) is 9.64. The monoisotopic (exact) mass is 486 g/mol. The fourth-order valence-corrected chi connectivity index (χ4v) is 4.57. The topological polar surface area (TPSA) is 59.0 Å². The number of para-hydroxylation sites is 1. The predicted molar refractivity (Wildman–Crippen MR) is 146 cm³/mol. The molecule has 2 amide bonds. The summed E-state index contributed by atoms with van der Waals surface area (Å²) in [5, 5.41) is 6.72. The van der Waals surface area contributed by atoms with Crippen LogP contribution in [0.5, 0.6) is 0 Å². The molecule has 4 aromatic rings. The molecule has 35 heavy (non-hydrogen) atoms. The molecule has 1 heterocycles. The molecule has 5 nitrogen and oxygen atoms in total. The summed E-state index contributed by atoms with van der Waals surface area (Å²) in [6.45, 7) is 8.51. The van der Waals surface area contributed by atoms with Crippen LogP contribution in [0.4, 0.5) is 16.3 Å². The van der Waals surface area contributed by atoms with Crippen molar-refractivity contribution in [2.45, 2.75) is 39.5 Å². The third kappa shape index (κ3) is 5.10. The highest BCUT2D eigenvalue weighted by Crippen LogP contribution is 2.37. The lowest BCUT2D eigenvalue weighted by Gasteiger charge is -2.20. The molecule has 3 aromatic carbocycles. The number of rotatable bonds is 6. The van der Waals surface area contributed by atoms with Crippen molar-refractivity contribution in [1.82, 2.24) is 9.55 Å². The average molecular weight is 487 g/mol. The third-order valence-corrected chi connectivity index (χ3v) is 6.43. The SMILES string of the molecule is CC(C)c1cccc(C(C)C)c1NC(=O)Nc1nc(-c2ccccc2)n(C)c1-c1ccccc1Cl. The quantitative estimate of drug-likeness (QED) is 0.288. The van der Waals surface area contributed by atoms with Gasteiger partial charge in [-0.15, -0.1) is 0 Å². The van der Waals surface area contributed by atoms with Gasteiger partial charge in [0.05, 0.1) is 10.7 Å². The first-order chi connectivity index (χ1) is 16.8. The Bertz CT molecular complexity index is 1320. The van der Waals surface area contributed by atoms with Crippen LogP contribution >= 0.6 is 11.6 Å². The third-order valence-electron chi connectivity index (χ3n) is 6.10. The van der Waals surface area contributed by atoms with E-state index < -0.39 is 0 Å². The maximum atomic E-state index is 13.4. The van der Waals surface area contributed by atoms with Crippen LogP contribution < -0.4 is 10.6 Å². The zero-order valence-electron chi connectivity index (χ0n) is 20.8. The summed E-state index contributed by atoms with van der Waals surface area (Å²) in [5.74, 6) is 1.72. The Labute approximate surface area is 212 Å². The van der Waals surface area contributed by atoms with Gasteiger partial charge in [-0.1, -0.05) is 106 Å². The van der Waals surface area contributed by atoms with Gasteiger partial charge in [-0.2, -0.15) is 0 Å². The van der Waals surface area contributed by atoms with Crippen LogP contribution in [0.25, 0.3) is 22.6 Å². The summed E-state index contributed by atoms with van der Waals surface area (Å²) in [4.78, 5) is 18.2. The van der Waals surface area contributed by atoms with Crippen molar-refractivity contribution in [2.24, 2.45) is 7.05 Å². The Morgan fingerprint density at radius 2 is 1.43 bits per heavy atom. The normalized spacial score (nSPS) is 11.2. The molecular formula is C29H31ClN4O. The van der Waals surface area contributed by atoms with E-state index in [-0.39, 0.29) is 17.9 Å². The maximum Gasteiger partial charge on any atom is 0.324 e. The lowest BCUT2D eigenvalue weighted by Crippen LogP contribution is -2.22. The van der Waals surface area contributed by atoms with E-state index in [9.17, 15) is 4.79 Å². The zero-order valence-corrected chi connectivity index (χ0v) is 21.5. The fraction of sp³-hybridized carbons (Fsp3) is 0.241. The Morgan fingerprint density at radius 3 is 2.03 bits per heavy atom. The molecule has 0 unspecified atom stereocenters. The van der Waals surface area contributed by atoms with Crippen molar-refractivity contribution in [3.63, 3.8) is 0 Å². The molecular weight excluding hydrogens is 456 g/mol. The Kier molecular flexibility index (Phi) is 7.27. The molecule has 0 saturated carbocycles. The highest BCUT2D eigenvalue weighted by molar-refractivity contribution is 6.33. The molecule has 0 atom stereocenters. The maximum absolute atomic E-state index is 13.4. The van der Waals surface area contributed by atoms with E-state index in [4.69, 9.17) is 16.6 Å². The molecule has 0 saturated heterocycles. The van der Waals surface area contributed by atoms with Crippen molar-refractivity contribution in [1.29, 1.82) is 0 Å². The van der Waals surface area contributed by atoms with Crippen molar-refractivity contribution in [3.05, 3.63) is 88.9 Å². The molecule has 0 aliphatic carbocycles. The van der Waals surface area contributed by atoms with E-state index in [0.29, 0.717) is 10.8 Å². The van der Waals surface area contributed by atoms with E-state index in [2.05, 4.69) is 50.5 Å². The van der Waals surface area contributed by atoms with Crippen LogP contribution in [-0.2, 0) is 7.05 Å². The van der Waals surface area contributed by atoms with Crippen LogP contribution in [0, 0.1) is 0 Å². The van der Waals surface area contributed by atoms with Gasteiger partial charge in [0, 0.05) is 23.9 Å². The van der Waals surface area contributed by atoms with E-state index in [1.165, 1.54) is 0 Å². The Morgan fingerprint density at radius 1 is 0.829 bits per heavy atom. The molecule has 0 spiro atoms. The summed E-state index contributed by atoms with van der Waals surface area (Å²) >= 11 is 6.57. The molecule has 0 aliphatic rings. The molecule has 0 bridgehead atoms. The number of nitrogens with zero attached hydrogens (tertiary/aromatic N) is 2. The van der Waals surface area contributed by atoms with Crippen LogP contribution in [0.15, 0.2) is 72.8 Å². The van der Waals surface area contributed by atoms with Gasteiger partial charge in [-0.3, -0.25) is 5.32 Å². The van der Waals surface area contributed by atoms with E-state index in [1.807, 2.05) is 72.3 Å². The van der Waals surface area contributed by atoms with Gasteiger partial charge >= 0.3 is 6.03 Å². The van der Waals surface area contributed by atoms with Crippen molar-refractivity contribution in [2.75, 3.05) is 10.6 Å².